The second-order valence-corrected chi connectivity index (χ2v) is 6.44. The first-order valence-electron chi connectivity index (χ1n) is 8.86. The van der Waals surface area contributed by atoms with Crippen molar-refractivity contribution in [3.8, 4) is 11.5 Å². The van der Waals surface area contributed by atoms with Crippen molar-refractivity contribution in [3.05, 3.63) is 60.2 Å². The molecule has 1 aliphatic rings. The summed E-state index contributed by atoms with van der Waals surface area (Å²) in [4.78, 5) is 2.13. The number of nitrogens with zero attached hydrogens (tertiary/aromatic N) is 1. The fourth-order valence-corrected chi connectivity index (χ4v) is 3.26. The highest BCUT2D eigenvalue weighted by Crippen LogP contribution is 2.33. The van der Waals surface area contributed by atoms with Crippen LogP contribution in [0.2, 0.25) is 0 Å². The number of ether oxygens (including phenoxy) is 1. The smallest absolute Gasteiger partial charge is 0.389 e. The van der Waals surface area contributed by atoms with Crippen LogP contribution in [-0.2, 0) is 0 Å². The predicted molar refractivity (Wildman–Crippen MR) is 95.4 cm³/mol. The first-order chi connectivity index (χ1) is 12.5. The molecular formula is C20H23F3N2O. The molecule has 2 aromatic rings. The van der Waals surface area contributed by atoms with E-state index in [-0.39, 0.29) is 12.5 Å². The molecule has 0 aliphatic carbocycles. The van der Waals surface area contributed by atoms with Crippen molar-refractivity contribution in [2.75, 3.05) is 26.2 Å². The summed E-state index contributed by atoms with van der Waals surface area (Å²) in [6.45, 7) is 3.07. The van der Waals surface area contributed by atoms with E-state index in [0.717, 1.165) is 31.7 Å². The molecule has 1 fully saturated rings. The van der Waals surface area contributed by atoms with Crippen LogP contribution in [0.25, 0.3) is 0 Å². The number of piperazine rings is 1. The fourth-order valence-electron chi connectivity index (χ4n) is 3.26. The Morgan fingerprint density at radius 2 is 1.65 bits per heavy atom. The van der Waals surface area contributed by atoms with Crippen LogP contribution in [0, 0.1) is 0 Å². The maximum Gasteiger partial charge on any atom is 0.389 e. The van der Waals surface area contributed by atoms with Gasteiger partial charge in [-0.1, -0.05) is 30.3 Å². The molecule has 0 saturated carbocycles. The number of benzene rings is 2. The summed E-state index contributed by atoms with van der Waals surface area (Å²) in [7, 11) is 0. The molecular weight excluding hydrogens is 341 g/mol. The number of nitrogens with one attached hydrogen (secondary N) is 1. The summed E-state index contributed by atoms with van der Waals surface area (Å²) < 4.78 is 44.3. The van der Waals surface area contributed by atoms with Crippen LogP contribution in [0.4, 0.5) is 13.2 Å². The third-order valence-corrected chi connectivity index (χ3v) is 4.52. The Morgan fingerprint density at radius 1 is 0.962 bits per heavy atom. The van der Waals surface area contributed by atoms with Crippen molar-refractivity contribution in [1.29, 1.82) is 0 Å². The van der Waals surface area contributed by atoms with Gasteiger partial charge in [0, 0.05) is 38.6 Å². The molecule has 0 aromatic heterocycles. The lowest BCUT2D eigenvalue weighted by molar-refractivity contribution is -0.138. The van der Waals surface area contributed by atoms with Gasteiger partial charge in [0.25, 0.3) is 0 Å². The Bertz CT molecular complexity index is 685. The topological polar surface area (TPSA) is 24.5 Å². The van der Waals surface area contributed by atoms with Crippen molar-refractivity contribution < 1.29 is 17.9 Å². The molecule has 6 heteroatoms. The molecule has 140 valence electrons. The minimum Gasteiger partial charge on any atom is -0.457 e. The molecule has 0 radical (unpaired) electrons. The van der Waals surface area contributed by atoms with Gasteiger partial charge in [-0.15, -0.1) is 0 Å². The normalized spacial score (nSPS) is 17.0. The monoisotopic (exact) mass is 364 g/mol. The molecule has 0 amide bonds. The van der Waals surface area contributed by atoms with Gasteiger partial charge >= 0.3 is 6.18 Å². The number of halogens is 3. The van der Waals surface area contributed by atoms with Crippen LogP contribution in [0.5, 0.6) is 11.5 Å². The summed E-state index contributed by atoms with van der Waals surface area (Å²) in [6, 6.07) is 16.5. The van der Waals surface area contributed by atoms with Crippen LogP contribution in [-0.4, -0.2) is 37.3 Å². The van der Waals surface area contributed by atoms with E-state index >= 15 is 0 Å². The van der Waals surface area contributed by atoms with Gasteiger partial charge in [-0.3, -0.25) is 4.90 Å². The van der Waals surface area contributed by atoms with Crippen LogP contribution >= 0.6 is 0 Å². The molecule has 0 bridgehead atoms. The van der Waals surface area contributed by atoms with E-state index in [1.165, 1.54) is 0 Å². The first kappa shape index (κ1) is 18.7. The number of hydrogen-bond acceptors (Lipinski definition) is 3. The van der Waals surface area contributed by atoms with Crippen molar-refractivity contribution in [2.24, 2.45) is 0 Å². The molecule has 1 aliphatic heterocycles. The van der Waals surface area contributed by atoms with E-state index in [4.69, 9.17) is 4.74 Å². The van der Waals surface area contributed by atoms with Gasteiger partial charge in [0.2, 0.25) is 0 Å². The number of alkyl halides is 3. The first-order valence-corrected chi connectivity index (χ1v) is 8.86. The summed E-state index contributed by atoms with van der Waals surface area (Å²) >= 11 is 0. The standard InChI is InChI=1S/C20H23F3N2O/c21-20(22,23)10-9-19(25-13-11-24-12-14-25)16-5-4-8-18(15-16)26-17-6-2-1-3-7-17/h1-8,15,19,24H,9-14H2/t19-/m0/s1. The zero-order valence-electron chi connectivity index (χ0n) is 14.5. The van der Waals surface area contributed by atoms with Gasteiger partial charge in [0.1, 0.15) is 11.5 Å². The lowest BCUT2D eigenvalue weighted by Gasteiger charge is -2.35. The van der Waals surface area contributed by atoms with Gasteiger partial charge in [0.15, 0.2) is 0 Å². The Kier molecular flexibility index (Phi) is 6.16. The summed E-state index contributed by atoms with van der Waals surface area (Å²) in [5.74, 6) is 1.35. The van der Waals surface area contributed by atoms with E-state index < -0.39 is 12.6 Å². The molecule has 2 aromatic carbocycles. The maximum atomic E-state index is 12.8. The molecule has 1 saturated heterocycles. The molecule has 1 N–H and O–H groups in total. The van der Waals surface area contributed by atoms with E-state index in [9.17, 15) is 13.2 Å². The zero-order chi connectivity index (χ0) is 18.4. The molecule has 3 rings (SSSR count). The van der Waals surface area contributed by atoms with Gasteiger partial charge < -0.3 is 10.1 Å². The second-order valence-electron chi connectivity index (χ2n) is 6.44. The Morgan fingerprint density at radius 3 is 2.35 bits per heavy atom. The molecule has 1 heterocycles. The average Bonchev–Trinajstić information content (AvgIpc) is 2.63. The minimum absolute atomic E-state index is 0.0539. The number of rotatable bonds is 6. The van der Waals surface area contributed by atoms with Crippen molar-refractivity contribution in [2.45, 2.75) is 25.1 Å². The quantitative estimate of drug-likeness (QED) is 0.799. The number of hydrogen-bond donors (Lipinski definition) is 1. The fraction of sp³-hybridized carbons (Fsp3) is 0.400. The van der Waals surface area contributed by atoms with E-state index in [0.29, 0.717) is 11.5 Å². The summed E-state index contributed by atoms with van der Waals surface area (Å²) in [5.41, 5.74) is 0.865. The highest BCUT2D eigenvalue weighted by molar-refractivity contribution is 5.35. The lowest BCUT2D eigenvalue weighted by Crippen LogP contribution is -2.45. The third kappa shape index (κ3) is 5.47. The summed E-state index contributed by atoms with van der Waals surface area (Å²) in [5, 5.41) is 3.25. The molecule has 3 nitrogen and oxygen atoms in total. The zero-order valence-corrected chi connectivity index (χ0v) is 14.5. The predicted octanol–water partition coefficient (Wildman–Crippen LogP) is 4.77. The van der Waals surface area contributed by atoms with Crippen molar-refractivity contribution in [1.82, 2.24) is 10.2 Å². The minimum atomic E-state index is -4.15. The molecule has 26 heavy (non-hydrogen) atoms. The van der Waals surface area contributed by atoms with Crippen LogP contribution in [0.1, 0.15) is 24.4 Å². The lowest BCUT2D eigenvalue weighted by atomic mass is 9.99. The average molecular weight is 364 g/mol. The Balaban J connectivity index is 1.79. The Labute approximate surface area is 151 Å². The Hall–Kier alpha value is -2.05. The second kappa shape index (κ2) is 8.56. The van der Waals surface area contributed by atoms with E-state index in [1.807, 2.05) is 54.6 Å². The highest BCUT2D eigenvalue weighted by Gasteiger charge is 2.31. The van der Waals surface area contributed by atoms with Gasteiger partial charge in [-0.2, -0.15) is 13.2 Å². The van der Waals surface area contributed by atoms with E-state index in [2.05, 4.69) is 10.2 Å². The van der Waals surface area contributed by atoms with Crippen molar-refractivity contribution in [3.63, 3.8) is 0 Å². The van der Waals surface area contributed by atoms with E-state index in [1.54, 1.807) is 0 Å². The van der Waals surface area contributed by atoms with Gasteiger partial charge in [-0.25, -0.2) is 0 Å². The summed E-state index contributed by atoms with van der Waals surface area (Å²) in [6.07, 6.45) is -4.88. The highest BCUT2D eigenvalue weighted by atomic mass is 19.4. The van der Waals surface area contributed by atoms with Gasteiger partial charge in [0.05, 0.1) is 0 Å². The van der Waals surface area contributed by atoms with Crippen LogP contribution in [0.15, 0.2) is 54.6 Å². The molecule has 1 atom stereocenters. The largest absolute Gasteiger partial charge is 0.457 e. The van der Waals surface area contributed by atoms with Crippen LogP contribution < -0.4 is 10.1 Å². The molecule has 0 spiro atoms. The molecule has 0 unspecified atom stereocenters. The van der Waals surface area contributed by atoms with Crippen LogP contribution in [0.3, 0.4) is 0 Å². The maximum absolute atomic E-state index is 12.8. The van der Waals surface area contributed by atoms with Crippen molar-refractivity contribution >= 4 is 0 Å². The van der Waals surface area contributed by atoms with Gasteiger partial charge in [-0.05, 0) is 36.2 Å². The number of para-hydroxylation sites is 1. The third-order valence-electron chi connectivity index (χ3n) is 4.52. The SMILES string of the molecule is FC(F)(F)CC[C@@H](c1cccc(Oc2ccccc2)c1)N1CCNCC1.